The molecule has 0 aromatic heterocycles. The maximum atomic E-state index is 15.2. The fraction of sp³-hybridized carbons (Fsp3) is 0.290. The van der Waals surface area contributed by atoms with E-state index in [0.29, 0.717) is 16.5 Å². The molecule has 0 heterocycles. The van der Waals surface area contributed by atoms with Gasteiger partial charge < -0.3 is 9.47 Å². The summed E-state index contributed by atoms with van der Waals surface area (Å²) in [5, 5.41) is 1.31. The van der Waals surface area contributed by atoms with Crippen molar-refractivity contribution in [1.82, 2.24) is 0 Å². The minimum absolute atomic E-state index is 0.273. The van der Waals surface area contributed by atoms with Gasteiger partial charge in [-0.3, -0.25) is 0 Å². The van der Waals surface area contributed by atoms with Gasteiger partial charge in [-0.1, -0.05) is 60.7 Å². The number of halogens is 5. The van der Waals surface area contributed by atoms with Crippen molar-refractivity contribution < 1.29 is 31.4 Å². The predicted octanol–water partition coefficient (Wildman–Crippen LogP) is 8.17. The van der Waals surface area contributed by atoms with Gasteiger partial charge in [0.1, 0.15) is 5.82 Å². The van der Waals surface area contributed by atoms with Crippen molar-refractivity contribution >= 4 is 10.8 Å². The first kappa shape index (κ1) is 27.6. The van der Waals surface area contributed by atoms with E-state index in [2.05, 4.69) is 29.0 Å². The molecule has 0 radical (unpaired) electrons. The zero-order chi connectivity index (χ0) is 27.1. The molecule has 0 amide bonds. The topological polar surface area (TPSA) is 18.5 Å². The normalized spacial score (nSPS) is 11.7. The van der Waals surface area contributed by atoms with Gasteiger partial charge in [0.15, 0.2) is 11.6 Å². The van der Waals surface area contributed by atoms with Gasteiger partial charge in [0.05, 0.1) is 0 Å². The van der Waals surface area contributed by atoms with Crippen molar-refractivity contribution in [3.8, 4) is 5.75 Å². The van der Waals surface area contributed by atoms with Gasteiger partial charge in [-0.2, -0.15) is 0 Å². The third-order valence-corrected chi connectivity index (χ3v) is 6.54. The van der Waals surface area contributed by atoms with Crippen molar-refractivity contribution in [3.63, 3.8) is 0 Å². The Kier molecular flexibility index (Phi) is 9.00. The SMILES string of the molecule is COCCCc1ccc(CCc2ccc3c(F)c(CCc4ccc(OC(F)(F)F)c(F)c4)ccc3c2)cc1. The third kappa shape index (κ3) is 7.54. The maximum Gasteiger partial charge on any atom is 0.573 e. The zero-order valence-corrected chi connectivity index (χ0v) is 21.1. The number of rotatable bonds is 11. The monoisotopic (exact) mass is 528 g/mol. The molecule has 0 atom stereocenters. The molecule has 0 aliphatic rings. The second-order valence-electron chi connectivity index (χ2n) is 9.32. The molecule has 38 heavy (non-hydrogen) atoms. The molecule has 0 unspecified atom stereocenters. The van der Waals surface area contributed by atoms with Crippen LogP contribution >= 0.6 is 0 Å². The zero-order valence-electron chi connectivity index (χ0n) is 21.1. The summed E-state index contributed by atoms with van der Waals surface area (Å²) in [4.78, 5) is 0. The molecule has 7 heteroatoms. The van der Waals surface area contributed by atoms with E-state index in [1.165, 1.54) is 17.2 Å². The Hall–Kier alpha value is -3.45. The van der Waals surface area contributed by atoms with Gasteiger partial charge in [0.25, 0.3) is 0 Å². The number of aryl methyl sites for hydroxylation is 5. The number of fused-ring (bicyclic) bond motifs is 1. The lowest BCUT2D eigenvalue weighted by Gasteiger charge is -2.11. The second kappa shape index (κ2) is 12.4. The van der Waals surface area contributed by atoms with Crippen LogP contribution in [0.1, 0.15) is 34.2 Å². The van der Waals surface area contributed by atoms with Gasteiger partial charge >= 0.3 is 6.36 Å². The Labute approximate surface area is 219 Å². The summed E-state index contributed by atoms with van der Waals surface area (Å²) in [6, 6.07) is 21.2. The Morgan fingerprint density at radius 1 is 0.658 bits per heavy atom. The summed E-state index contributed by atoms with van der Waals surface area (Å²) in [6.07, 6.45) is -0.704. The summed E-state index contributed by atoms with van der Waals surface area (Å²) in [5.74, 6) is -2.33. The van der Waals surface area contributed by atoms with Crippen molar-refractivity contribution in [2.45, 2.75) is 44.9 Å². The Morgan fingerprint density at radius 3 is 1.95 bits per heavy atom. The van der Waals surface area contributed by atoms with E-state index >= 15 is 4.39 Å². The van der Waals surface area contributed by atoms with E-state index in [1.807, 2.05) is 18.2 Å². The second-order valence-corrected chi connectivity index (χ2v) is 9.32. The van der Waals surface area contributed by atoms with Crippen molar-refractivity contribution in [3.05, 3.63) is 112 Å². The molecular weight excluding hydrogens is 499 g/mol. The Bertz CT molecular complexity index is 1360. The Balaban J connectivity index is 1.37. The Morgan fingerprint density at radius 2 is 1.26 bits per heavy atom. The molecule has 4 rings (SSSR count). The summed E-state index contributed by atoms with van der Waals surface area (Å²) in [5.41, 5.74) is 4.57. The lowest BCUT2D eigenvalue weighted by atomic mass is 9.97. The van der Waals surface area contributed by atoms with Crippen LogP contribution in [0.5, 0.6) is 5.75 Å². The molecule has 0 spiro atoms. The highest BCUT2D eigenvalue weighted by Crippen LogP contribution is 2.28. The van der Waals surface area contributed by atoms with Crippen LogP contribution in [-0.2, 0) is 36.8 Å². The fourth-order valence-corrected chi connectivity index (χ4v) is 4.50. The minimum atomic E-state index is -4.97. The molecule has 4 aromatic rings. The van der Waals surface area contributed by atoms with E-state index in [-0.39, 0.29) is 18.7 Å². The van der Waals surface area contributed by atoms with Crippen molar-refractivity contribution in [2.75, 3.05) is 13.7 Å². The first-order chi connectivity index (χ1) is 18.2. The number of methoxy groups -OCH3 is 1. The average molecular weight is 529 g/mol. The van der Waals surface area contributed by atoms with Gasteiger partial charge in [0.2, 0.25) is 0 Å². The molecule has 4 aromatic carbocycles. The lowest BCUT2D eigenvalue weighted by molar-refractivity contribution is -0.275. The highest BCUT2D eigenvalue weighted by molar-refractivity contribution is 5.84. The van der Waals surface area contributed by atoms with E-state index in [9.17, 15) is 17.6 Å². The summed E-state index contributed by atoms with van der Waals surface area (Å²) < 4.78 is 74.9. The first-order valence-electron chi connectivity index (χ1n) is 12.5. The molecule has 0 aliphatic heterocycles. The van der Waals surface area contributed by atoms with Gasteiger partial charge in [-0.25, -0.2) is 8.78 Å². The lowest BCUT2D eigenvalue weighted by Crippen LogP contribution is -2.18. The van der Waals surface area contributed by atoms with Crippen LogP contribution in [-0.4, -0.2) is 20.1 Å². The van der Waals surface area contributed by atoms with Crippen molar-refractivity contribution in [2.24, 2.45) is 0 Å². The maximum absolute atomic E-state index is 15.2. The molecular formula is C31H29F5O2. The number of hydrogen-bond donors (Lipinski definition) is 0. The van der Waals surface area contributed by atoms with E-state index < -0.39 is 17.9 Å². The molecule has 200 valence electrons. The van der Waals surface area contributed by atoms with E-state index in [0.717, 1.165) is 55.4 Å². The number of hydrogen-bond acceptors (Lipinski definition) is 2. The summed E-state index contributed by atoms with van der Waals surface area (Å²) in [7, 11) is 1.71. The van der Waals surface area contributed by atoms with E-state index in [1.54, 1.807) is 19.2 Å². The fourth-order valence-electron chi connectivity index (χ4n) is 4.50. The van der Waals surface area contributed by atoms with Crippen LogP contribution in [0, 0.1) is 11.6 Å². The molecule has 0 bridgehead atoms. The highest BCUT2D eigenvalue weighted by atomic mass is 19.4. The quantitative estimate of drug-likeness (QED) is 0.144. The summed E-state index contributed by atoms with van der Waals surface area (Å²) >= 11 is 0. The standard InChI is InChI=1S/C31H29F5O2/c1-37-18-2-3-21-4-6-22(7-5-21)8-9-23-11-16-27-26(19-23)15-14-25(30(27)33)13-10-24-12-17-29(28(32)20-24)38-31(34,35)36/h4-7,11-12,14-17,19-20H,2-3,8-10,13,18H2,1H3. The number of alkyl halides is 3. The largest absolute Gasteiger partial charge is 0.573 e. The van der Waals surface area contributed by atoms with E-state index in [4.69, 9.17) is 4.74 Å². The highest BCUT2D eigenvalue weighted by Gasteiger charge is 2.32. The van der Waals surface area contributed by atoms with Gasteiger partial charge in [0, 0.05) is 19.1 Å². The molecule has 0 aliphatic carbocycles. The minimum Gasteiger partial charge on any atom is -0.403 e. The van der Waals surface area contributed by atoms with Gasteiger partial charge in [-0.05, 0) is 83.9 Å². The molecule has 0 N–H and O–H groups in total. The van der Waals surface area contributed by atoms with Crippen LogP contribution < -0.4 is 4.74 Å². The van der Waals surface area contributed by atoms with Crippen molar-refractivity contribution in [1.29, 1.82) is 0 Å². The van der Waals surface area contributed by atoms with Crippen LogP contribution in [0.25, 0.3) is 10.8 Å². The average Bonchev–Trinajstić information content (AvgIpc) is 2.89. The van der Waals surface area contributed by atoms with Crippen LogP contribution in [0.2, 0.25) is 0 Å². The predicted molar refractivity (Wildman–Crippen MR) is 138 cm³/mol. The molecule has 2 nitrogen and oxygen atoms in total. The van der Waals surface area contributed by atoms with Crippen LogP contribution in [0.3, 0.4) is 0 Å². The number of ether oxygens (including phenoxy) is 2. The molecule has 0 saturated heterocycles. The van der Waals surface area contributed by atoms with Crippen LogP contribution in [0.15, 0.2) is 72.8 Å². The first-order valence-corrected chi connectivity index (χ1v) is 12.5. The van der Waals surface area contributed by atoms with Crippen LogP contribution in [0.4, 0.5) is 22.0 Å². The van der Waals surface area contributed by atoms with Gasteiger partial charge in [-0.15, -0.1) is 13.2 Å². The summed E-state index contributed by atoms with van der Waals surface area (Å²) in [6.45, 7) is 0.754. The molecule has 0 saturated carbocycles. The smallest absolute Gasteiger partial charge is 0.403 e. The molecule has 0 fully saturated rings. The number of benzene rings is 4. The third-order valence-electron chi connectivity index (χ3n) is 6.54.